The summed E-state index contributed by atoms with van der Waals surface area (Å²) in [4.78, 5) is 4.10. The van der Waals surface area contributed by atoms with E-state index in [2.05, 4.69) is 10.3 Å². The lowest BCUT2D eigenvalue weighted by Crippen LogP contribution is -1.96. The van der Waals surface area contributed by atoms with Crippen LogP contribution in [0, 0.1) is 0 Å². The van der Waals surface area contributed by atoms with Gasteiger partial charge in [-0.05, 0) is 24.3 Å². The van der Waals surface area contributed by atoms with Crippen LogP contribution in [-0.4, -0.2) is 19.1 Å². The molecule has 0 unspecified atom stereocenters. The Morgan fingerprint density at radius 1 is 1.39 bits per heavy atom. The summed E-state index contributed by atoms with van der Waals surface area (Å²) in [6.07, 6.45) is 4.80. The molecule has 0 aliphatic carbocycles. The van der Waals surface area contributed by atoms with E-state index in [4.69, 9.17) is 4.74 Å². The van der Waals surface area contributed by atoms with Crippen molar-refractivity contribution in [1.29, 1.82) is 0 Å². The van der Waals surface area contributed by atoms with E-state index in [1.807, 2.05) is 0 Å². The number of nitrogens with one attached hydrogen (secondary N) is 1. The molecule has 3 nitrogen and oxygen atoms in total. The summed E-state index contributed by atoms with van der Waals surface area (Å²) in [5, 5.41) is 2.87. The topological polar surface area (TPSA) is 34.1 Å². The molecule has 0 aromatic carbocycles. The fourth-order valence-corrected chi connectivity index (χ4v) is 1.37. The lowest BCUT2D eigenvalue weighted by Gasteiger charge is -2.09. The van der Waals surface area contributed by atoms with E-state index in [0.717, 1.165) is 6.08 Å². The van der Waals surface area contributed by atoms with Gasteiger partial charge in [0.15, 0.2) is 5.76 Å². The van der Waals surface area contributed by atoms with Crippen LogP contribution >= 0.6 is 0 Å². The van der Waals surface area contributed by atoms with Gasteiger partial charge in [-0.15, -0.1) is 0 Å². The summed E-state index contributed by atoms with van der Waals surface area (Å²) in [5.41, 5.74) is 1.03. The Hall–Kier alpha value is -2.17. The molecule has 1 rings (SSSR count). The number of methoxy groups -OCH3 is 1. The van der Waals surface area contributed by atoms with Gasteiger partial charge < -0.3 is 10.1 Å². The number of ether oxygens (including phenoxy) is 1. The largest absolute Gasteiger partial charge is 0.494 e. The molecule has 0 aliphatic heterocycles. The first-order valence-electron chi connectivity index (χ1n) is 5.22. The maximum atomic E-state index is 12.7. The smallest absolute Gasteiger partial charge is 0.154 e. The first-order chi connectivity index (χ1) is 8.76. The molecular weight excluding hydrogens is 238 g/mol. The lowest BCUT2D eigenvalue weighted by molar-refractivity contribution is 0.303. The summed E-state index contributed by atoms with van der Waals surface area (Å²) in [6, 6.07) is 3.47. The fourth-order valence-electron chi connectivity index (χ4n) is 1.37. The highest BCUT2D eigenvalue weighted by Gasteiger charge is 2.08. The Bertz CT molecular complexity index is 464. The van der Waals surface area contributed by atoms with Crippen LogP contribution in [0.5, 0.6) is 0 Å². The van der Waals surface area contributed by atoms with Gasteiger partial charge in [-0.25, -0.2) is 13.8 Å². The molecule has 0 aliphatic rings. The third-order valence-corrected chi connectivity index (χ3v) is 2.25. The van der Waals surface area contributed by atoms with Gasteiger partial charge in [0, 0.05) is 24.4 Å². The molecule has 1 heterocycles. The number of aromatic nitrogens is 1. The van der Waals surface area contributed by atoms with Crippen molar-refractivity contribution in [2.24, 2.45) is 0 Å². The third-order valence-electron chi connectivity index (χ3n) is 2.25. The van der Waals surface area contributed by atoms with Crippen molar-refractivity contribution in [3.05, 3.63) is 54.5 Å². The van der Waals surface area contributed by atoms with Gasteiger partial charge in [0.2, 0.25) is 0 Å². The number of nitrogens with zero attached hydrogens (tertiary/aromatic N) is 1. The van der Waals surface area contributed by atoms with Gasteiger partial charge in [-0.1, -0.05) is 0 Å². The minimum Gasteiger partial charge on any atom is -0.494 e. The van der Waals surface area contributed by atoms with Crippen molar-refractivity contribution in [2.75, 3.05) is 19.5 Å². The predicted octanol–water partition coefficient (Wildman–Crippen LogP) is 3.45. The van der Waals surface area contributed by atoms with E-state index >= 15 is 0 Å². The van der Waals surface area contributed by atoms with Crippen LogP contribution in [0.3, 0.4) is 0 Å². The second-order valence-corrected chi connectivity index (χ2v) is 3.26. The molecule has 0 saturated carbocycles. The minimum atomic E-state index is 0.00658. The highest BCUT2D eigenvalue weighted by atomic mass is 19.1. The van der Waals surface area contributed by atoms with Crippen LogP contribution in [0.4, 0.5) is 14.6 Å². The van der Waals surface area contributed by atoms with E-state index in [1.165, 1.54) is 13.2 Å². The van der Waals surface area contributed by atoms with Gasteiger partial charge in [-0.3, -0.25) is 0 Å². The Kier molecular flexibility index (Phi) is 5.57. The van der Waals surface area contributed by atoms with Gasteiger partial charge >= 0.3 is 0 Å². The number of anilines is 1. The summed E-state index contributed by atoms with van der Waals surface area (Å²) in [7, 11) is 3.08. The van der Waals surface area contributed by atoms with Crippen molar-refractivity contribution in [3.8, 4) is 0 Å². The van der Waals surface area contributed by atoms with Crippen LogP contribution in [-0.2, 0) is 4.74 Å². The molecule has 18 heavy (non-hydrogen) atoms. The van der Waals surface area contributed by atoms with E-state index in [-0.39, 0.29) is 5.76 Å². The Morgan fingerprint density at radius 3 is 2.61 bits per heavy atom. The zero-order valence-corrected chi connectivity index (χ0v) is 10.2. The van der Waals surface area contributed by atoms with E-state index in [0.29, 0.717) is 29.6 Å². The van der Waals surface area contributed by atoms with Gasteiger partial charge in [0.25, 0.3) is 0 Å². The van der Waals surface area contributed by atoms with Gasteiger partial charge in [0.1, 0.15) is 12.1 Å². The number of rotatable bonds is 5. The Labute approximate surface area is 104 Å². The van der Waals surface area contributed by atoms with Crippen LogP contribution in [0.15, 0.2) is 48.9 Å². The number of hydrogen-bond acceptors (Lipinski definition) is 3. The molecule has 1 aromatic rings. The molecule has 96 valence electrons. The van der Waals surface area contributed by atoms with Gasteiger partial charge in [-0.2, -0.15) is 0 Å². The first-order valence-corrected chi connectivity index (χ1v) is 5.22. The van der Waals surface area contributed by atoms with Crippen LogP contribution < -0.4 is 5.32 Å². The molecule has 0 atom stereocenters. The molecule has 0 amide bonds. The molecule has 0 spiro atoms. The minimum absolute atomic E-state index is 0.00658. The highest BCUT2D eigenvalue weighted by Crippen LogP contribution is 2.24. The molecule has 0 bridgehead atoms. The first kappa shape index (κ1) is 13.9. The van der Waals surface area contributed by atoms with Crippen molar-refractivity contribution >= 4 is 11.4 Å². The van der Waals surface area contributed by atoms with Crippen LogP contribution in [0.1, 0.15) is 5.56 Å². The number of halogens is 2. The molecule has 1 aromatic heterocycles. The Balaban J connectivity index is 3.17. The van der Waals surface area contributed by atoms with Crippen molar-refractivity contribution in [2.45, 2.75) is 0 Å². The lowest BCUT2D eigenvalue weighted by atomic mass is 10.1. The van der Waals surface area contributed by atoms with Crippen LogP contribution in [0.2, 0.25) is 0 Å². The molecule has 0 saturated heterocycles. The van der Waals surface area contributed by atoms with E-state index in [1.54, 1.807) is 25.4 Å². The molecule has 0 radical (unpaired) electrons. The second kappa shape index (κ2) is 7.21. The standard InChI is InChI=1S/C13H14F2N2O/c1-16-13-6-5-10(9-17-13)11(4-3-7-14)12(8-15)18-2/h3-9H,1-2H3,(H,16,17)/b7-3+,11-4-,12-8-. The average Bonchev–Trinajstić information content (AvgIpc) is 2.43. The molecule has 5 heteroatoms. The van der Waals surface area contributed by atoms with E-state index in [9.17, 15) is 8.78 Å². The Morgan fingerprint density at radius 2 is 2.17 bits per heavy atom. The average molecular weight is 252 g/mol. The predicted molar refractivity (Wildman–Crippen MR) is 68.2 cm³/mol. The number of hydrogen-bond donors (Lipinski definition) is 1. The summed E-state index contributed by atoms with van der Waals surface area (Å²) in [5.74, 6) is 0.689. The van der Waals surface area contributed by atoms with Crippen molar-refractivity contribution < 1.29 is 13.5 Å². The number of allylic oxidation sites excluding steroid dienone is 3. The number of pyridine rings is 1. The summed E-state index contributed by atoms with van der Waals surface area (Å²) < 4.78 is 29.6. The highest BCUT2D eigenvalue weighted by molar-refractivity contribution is 5.78. The normalized spacial score (nSPS) is 12.9. The zero-order valence-electron chi connectivity index (χ0n) is 10.2. The SMILES string of the molecule is CNc1ccc(C(=C/C=C/F)/C(=C/F)OC)cn1. The van der Waals surface area contributed by atoms with Crippen molar-refractivity contribution in [1.82, 2.24) is 4.98 Å². The zero-order chi connectivity index (χ0) is 13.4. The fraction of sp³-hybridized carbons (Fsp3) is 0.154. The summed E-state index contributed by atoms with van der Waals surface area (Å²) in [6.45, 7) is 0. The van der Waals surface area contributed by atoms with Crippen molar-refractivity contribution in [3.63, 3.8) is 0 Å². The van der Waals surface area contributed by atoms with E-state index < -0.39 is 0 Å². The second-order valence-electron chi connectivity index (χ2n) is 3.26. The van der Waals surface area contributed by atoms with Crippen LogP contribution in [0.25, 0.3) is 5.57 Å². The maximum absolute atomic E-state index is 12.7. The molecule has 0 fully saturated rings. The quantitative estimate of drug-likeness (QED) is 0.643. The van der Waals surface area contributed by atoms with Gasteiger partial charge in [0.05, 0.1) is 13.4 Å². The monoisotopic (exact) mass is 252 g/mol. The maximum Gasteiger partial charge on any atom is 0.154 e. The summed E-state index contributed by atoms with van der Waals surface area (Å²) >= 11 is 0. The molecular formula is C13H14F2N2O. The molecule has 1 N–H and O–H groups in total. The third kappa shape index (κ3) is 3.41.